The lowest BCUT2D eigenvalue weighted by Crippen LogP contribution is -2.42. The first kappa shape index (κ1) is 16.6. The first-order valence-corrected chi connectivity index (χ1v) is 10.9. The second-order valence-electron chi connectivity index (χ2n) is 5.73. The van der Waals surface area contributed by atoms with E-state index in [-0.39, 0.29) is 10.1 Å². The number of benzene rings is 1. The van der Waals surface area contributed by atoms with Crippen LogP contribution in [0.2, 0.25) is 0 Å². The SMILES string of the molecule is O=C(Nc1ccc2scnc2c1)C1CCCN1S(=O)(=O)c1cccs1. The zero-order valence-corrected chi connectivity index (χ0v) is 15.5. The van der Waals surface area contributed by atoms with E-state index in [1.165, 1.54) is 27.0 Å². The Morgan fingerprint density at radius 3 is 2.96 bits per heavy atom. The summed E-state index contributed by atoms with van der Waals surface area (Å²) >= 11 is 2.70. The fourth-order valence-corrected chi connectivity index (χ4v) is 6.41. The normalized spacial score (nSPS) is 18.6. The van der Waals surface area contributed by atoms with E-state index in [1.807, 2.05) is 12.1 Å². The minimum Gasteiger partial charge on any atom is -0.325 e. The van der Waals surface area contributed by atoms with Gasteiger partial charge in [0.1, 0.15) is 10.3 Å². The molecule has 130 valence electrons. The van der Waals surface area contributed by atoms with Crippen molar-refractivity contribution in [3.8, 4) is 0 Å². The lowest BCUT2D eigenvalue weighted by molar-refractivity contribution is -0.119. The molecular formula is C16H15N3O3S3. The molecule has 1 atom stereocenters. The third-order valence-electron chi connectivity index (χ3n) is 4.16. The summed E-state index contributed by atoms with van der Waals surface area (Å²) in [5, 5.41) is 4.56. The average Bonchev–Trinajstić information content (AvgIpc) is 3.33. The van der Waals surface area contributed by atoms with Crippen LogP contribution in [0, 0.1) is 0 Å². The fraction of sp³-hybridized carbons (Fsp3) is 0.250. The molecule has 1 amide bonds. The molecule has 3 heterocycles. The molecule has 9 heteroatoms. The van der Waals surface area contributed by atoms with Crippen molar-refractivity contribution in [3.05, 3.63) is 41.2 Å². The van der Waals surface area contributed by atoms with Gasteiger partial charge in [-0.2, -0.15) is 4.31 Å². The molecule has 3 aromatic rings. The molecule has 0 radical (unpaired) electrons. The molecule has 25 heavy (non-hydrogen) atoms. The number of amides is 1. The Morgan fingerprint density at radius 2 is 2.16 bits per heavy atom. The number of sulfonamides is 1. The molecule has 4 rings (SSSR count). The smallest absolute Gasteiger partial charge is 0.253 e. The van der Waals surface area contributed by atoms with Crippen LogP contribution in [-0.4, -0.2) is 36.2 Å². The van der Waals surface area contributed by atoms with Crippen molar-refractivity contribution in [1.29, 1.82) is 0 Å². The summed E-state index contributed by atoms with van der Waals surface area (Å²) in [5.41, 5.74) is 3.20. The monoisotopic (exact) mass is 393 g/mol. The number of aromatic nitrogens is 1. The van der Waals surface area contributed by atoms with Gasteiger partial charge in [0.05, 0.1) is 15.7 Å². The molecule has 1 fully saturated rings. The maximum atomic E-state index is 12.8. The van der Waals surface area contributed by atoms with Gasteiger partial charge in [-0.05, 0) is 42.5 Å². The Hall–Kier alpha value is -1.81. The second kappa shape index (κ2) is 6.49. The van der Waals surface area contributed by atoms with E-state index in [4.69, 9.17) is 0 Å². The summed E-state index contributed by atoms with van der Waals surface area (Å²) in [4.78, 5) is 16.9. The molecule has 1 aliphatic heterocycles. The van der Waals surface area contributed by atoms with Gasteiger partial charge in [-0.3, -0.25) is 4.79 Å². The predicted molar refractivity (Wildman–Crippen MR) is 99.5 cm³/mol. The highest BCUT2D eigenvalue weighted by Gasteiger charge is 2.39. The molecule has 0 aliphatic carbocycles. The molecule has 2 aromatic heterocycles. The maximum absolute atomic E-state index is 12.8. The van der Waals surface area contributed by atoms with E-state index in [0.717, 1.165) is 10.2 Å². The maximum Gasteiger partial charge on any atom is 0.253 e. The van der Waals surface area contributed by atoms with Gasteiger partial charge in [-0.15, -0.1) is 22.7 Å². The number of hydrogen-bond acceptors (Lipinski definition) is 6. The van der Waals surface area contributed by atoms with Gasteiger partial charge < -0.3 is 5.32 Å². The minimum absolute atomic E-state index is 0.274. The molecule has 1 aliphatic rings. The van der Waals surface area contributed by atoms with Gasteiger partial charge in [0.2, 0.25) is 5.91 Å². The van der Waals surface area contributed by atoms with Gasteiger partial charge in [0, 0.05) is 12.2 Å². The van der Waals surface area contributed by atoms with Crippen LogP contribution in [0.1, 0.15) is 12.8 Å². The van der Waals surface area contributed by atoms with Crippen LogP contribution < -0.4 is 5.32 Å². The van der Waals surface area contributed by atoms with Crippen LogP contribution in [-0.2, 0) is 14.8 Å². The molecule has 0 bridgehead atoms. The van der Waals surface area contributed by atoms with Crippen molar-refractivity contribution < 1.29 is 13.2 Å². The Labute approximate surface area is 153 Å². The standard InChI is InChI=1S/C16H15N3O3S3/c20-16(18-11-5-6-14-12(9-11)17-10-24-14)13-3-1-7-19(13)25(21,22)15-4-2-8-23-15/h2,4-6,8-10,13H,1,3,7H2,(H,18,20). The fourth-order valence-electron chi connectivity index (χ4n) is 2.98. The number of carbonyl (C=O) groups is 1. The number of anilines is 1. The zero-order chi connectivity index (χ0) is 17.4. The Morgan fingerprint density at radius 1 is 1.28 bits per heavy atom. The summed E-state index contributed by atoms with van der Waals surface area (Å²) in [6, 6.07) is 8.10. The van der Waals surface area contributed by atoms with Crippen LogP contribution in [0.15, 0.2) is 45.4 Å². The van der Waals surface area contributed by atoms with Crippen LogP contribution >= 0.6 is 22.7 Å². The van der Waals surface area contributed by atoms with Gasteiger partial charge in [-0.1, -0.05) is 6.07 Å². The minimum atomic E-state index is -3.63. The third-order valence-corrected chi connectivity index (χ3v) is 8.25. The molecule has 1 aromatic carbocycles. The lowest BCUT2D eigenvalue weighted by Gasteiger charge is -2.22. The third kappa shape index (κ3) is 3.08. The zero-order valence-electron chi connectivity index (χ0n) is 13.1. The van der Waals surface area contributed by atoms with Gasteiger partial charge in [0.15, 0.2) is 0 Å². The highest BCUT2D eigenvalue weighted by molar-refractivity contribution is 7.91. The summed E-state index contributed by atoms with van der Waals surface area (Å²) in [6.45, 7) is 0.365. The van der Waals surface area contributed by atoms with Gasteiger partial charge >= 0.3 is 0 Å². The number of nitrogens with one attached hydrogen (secondary N) is 1. The van der Waals surface area contributed by atoms with Crippen LogP contribution in [0.25, 0.3) is 10.2 Å². The topological polar surface area (TPSA) is 79.4 Å². The van der Waals surface area contributed by atoms with Crippen molar-refractivity contribution in [1.82, 2.24) is 9.29 Å². The van der Waals surface area contributed by atoms with E-state index in [0.29, 0.717) is 25.1 Å². The number of fused-ring (bicyclic) bond motifs is 1. The molecule has 1 saturated heterocycles. The Balaban J connectivity index is 1.56. The number of carbonyl (C=O) groups excluding carboxylic acids is 1. The highest BCUT2D eigenvalue weighted by Crippen LogP contribution is 2.29. The van der Waals surface area contributed by atoms with Crippen molar-refractivity contribution in [2.24, 2.45) is 0 Å². The number of hydrogen-bond donors (Lipinski definition) is 1. The van der Waals surface area contributed by atoms with Crippen LogP contribution in [0.5, 0.6) is 0 Å². The van der Waals surface area contributed by atoms with E-state index >= 15 is 0 Å². The van der Waals surface area contributed by atoms with E-state index in [1.54, 1.807) is 29.1 Å². The van der Waals surface area contributed by atoms with Crippen molar-refractivity contribution in [2.45, 2.75) is 23.1 Å². The van der Waals surface area contributed by atoms with Crippen LogP contribution in [0.4, 0.5) is 5.69 Å². The molecule has 1 unspecified atom stereocenters. The Kier molecular flexibility index (Phi) is 4.32. The first-order chi connectivity index (χ1) is 12.1. The summed E-state index contributed by atoms with van der Waals surface area (Å²) in [6.07, 6.45) is 1.20. The van der Waals surface area contributed by atoms with E-state index in [2.05, 4.69) is 10.3 Å². The number of rotatable bonds is 4. The molecule has 1 N–H and O–H groups in total. The largest absolute Gasteiger partial charge is 0.325 e. The summed E-state index contributed by atoms with van der Waals surface area (Å²) < 4.78 is 28.1. The molecule has 0 spiro atoms. The molecule has 0 saturated carbocycles. The first-order valence-electron chi connectivity index (χ1n) is 7.75. The Bertz CT molecular complexity index is 1010. The predicted octanol–water partition coefficient (Wildman–Crippen LogP) is 3.15. The average molecular weight is 394 g/mol. The van der Waals surface area contributed by atoms with Crippen LogP contribution in [0.3, 0.4) is 0 Å². The van der Waals surface area contributed by atoms with Crippen molar-refractivity contribution in [3.63, 3.8) is 0 Å². The van der Waals surface area contributed by atoms with E-state index in [9.17, 15) is 13.2 Å². The van der Waals surface area contributed by atoms with Gasteiger partial charge in [0.25, 0.3) is 10.0 Å². The number of thiophene rings is 1. The summed E-state index contributed by atoms with van der Waals surface area (Å²) in [7, 11) is -3.63. The lowest BCUT2D eigenvalue weighted by atomic mass is 10.2. The summed E-state index contributed by atoms with van der Waals surface area (Å²) in [5.74, 6) is -0.299. The number of nitrogens with zero attached hydrogens (tertiary/aromatic N) is 2. The second-order valence-corrected chi connectivity index (χ2v) is 9.68. The van der Waals surface area contributed by atoms with Crippen molar-refractivity contribution >= 4 is 54.5 Å². The number of thiazole rings is 1. The van der Waals surface area contributed by atoms with E-state index < -0.39 is 16.1 Å². The molecule has 6 nitrogen and oxygen atoms in total. The van der Waals surface area contributed by atoms with Crippen molar-refractivity contribution in [2.75, 3.05) is 11.9 Å². The quantitative estimate of drug-likeness (QED) is 0.738. The highest BCUT2D eigenvalue weighted by atomic mass is 32.2. The van der Waals surface area contributed by atoms with Gasteiger partial charge in [-0.25, -0.2) is 13.4 Å². The molecular weight excluding hydrogens is 378 g/mol.